The summed E-state index contributed by atoms with van der Waals surface area (Å²) in [7, 11) is -3.54. The highest BCUT2D eigenvalue weighted by atomic mass is 32.2. The molecular formula is C18H25N3O4S. The summed E-state index contributed by atoms with van der Waals surface area (Å²) in [5, 5.41) is 0. The van der Waals surface area contributed by atoms with E-state index in [9.17, 15) is 18.0 Å². The van der Waals surface area contributed by atoms with Crippen LogP contribution in [-0.2, 0) is 26.0 Å². The maximum absolute atomic E-state index is 12.8. The SMILES string of the molecule is CC(=O)N1CCN(S(=O)(=O)c2ccc(CCN3CCCC3=O)cc2)CC1. The quantitative estimate of drug-likeness (QED) is 0.755. The number of hydrogen-bond acceptors (Lipinski definition) is 4. The smallest absolute Gasteiger partial charge is 0.243 e. The first kappa shape index (κ1) is 18.8. The molecule has 2 saturated heterocycles. The fraction of sp³-hybridized carbons (Fsp3) is 0.556. The van der Waals surface area contributed by atoms with Gasteiger partial charge in [0, 0.05) is 52.6 Å². The van der Waals surface area contributed by atoms with E-state index >= 15 is 0 Å². The Kier molecular flexibility index (Phi) is 5.62. The van der Waals surface area contributed by atoms with Crippen LogP contribution >= 0.6 is 0 Å². The van der Waals surface area contributed by atoms with Crippen LogP contribution in [0.15, 0.2) is 29.2 Å². The van der Waals surface area contributed by atoms with Crippen LogP contribution < -0.4 is 0 Å². The molecule has 0 aliphatic carbocycles. The Balaban J connectivity index is 1.60. The van der Waals surface area contributed by atoms with Crippen LogP contribution in [0.25, 0.3) is 0 Å². The summed E-state index contributed by atoms with van der Waals surface area (Å²) in [4.78, 5) is 26.8. The van der Waals surface area contributed by atoms with Gasteiger partial charge in [-0.25, -0.2) is 8.42 Å². The van der Waals surface area contributed by atoms with E-state index in [4.69, 9.17) is 0 Å². The number of rotatable bonds is 5. The van der Waals surface area contributed by atoms with E-state index in [1.54, 1.807) is 17.0 Å². The first-order valence-electron chi connectivity index (χ1n) is 9.00. The average Bonchev–Trinajstić information content (AvgIpc) is 3.05. The lowest BCUT2D eigenvalue weighted by molar-refractivity contribution is -0.130. The van der Waals surface area contributed by atoms with Gasteiger partial charge in [-0.3, -0.25) is 9.59 Å². The lowest BCUT2D eigenvalue weighted by Gasteiger charge is -2.33. The Morgan fingerprint density at radius 2 is 1.69 bits per heavy atom. The molecule has 2 heterocycles. The number of carbonyl (C=O) groups excluding carboxylic acids is 2. The second-order valence-electron chi connectivity index (χ2n) is 6.79. The fourth-order valence-electron chi connectivity index (χ4n) is 3.43. The molecule has 1 aromatic carbocycles. The Labute approximate surface area is 154 Å². The van der Waals surface area contributed by atoms with E-state index in [1.807, 2.05) is 17.0 Å². The van der Waals surface area contributed by atoms with E-state index in [0.717, 1.165) is 24.9 Å². The third-order valence-electron chi connectivity index (χ3n) is 5.09. The molecule has 0 bridgehead atoms. The molecule has 0 aromatic heterocycles. The molecule has 0 saturated carbocycles. The summed E-state index contributed by atoms with van der Waals surface area (Å²) in [5.41, 5.74) is 1.02. The van der Waals surface area contributed by atoms with Crippen molar-refractivity contribution in [3.63, 3.8) is 0 Å². The van der Waals surface area contributed by atoms with Crippen molar-refractivity contribution in [3.8, 4) is 0 Å². The standard InChI is InChI=1S/C18H25N3O4S/c1-15(22)19-11-13-21(14-12-19)26(24,25)17-6-4-16(5-7-17)8-10-20-9-2-3-18(20)23/h4-7H,2-3,8-14H2,1H3. The molecule has 2 fully saturated rings. The van der Waals surface area contributed by atoms with E-state index in [2.05, 4.69) is 0 Å². The Morgan fingerprint density at radius 1 is 1.04 bits per heavy atom. The molecule has 0 spiro atoms. The predicted octanol–water partition coefficient (Wildman–Crippen LogP) is 0.704. The second-order valence-corrected chi connectivity index (χ2v) is 8.73. The summed E-state index contributed by atoms with van der Waals surface area (Å²) < 4.78 is 26.9. The number of hydrogen-bond donors (Lipinski definition) is 0. The first-order valence-corrected chi connectivity index (χ1v) is 10.4. The molecule has 142 valence electrons. The third-order valence-corrected chi connectivity index (χ3v) is 7.00. The van der Waals surface area contributed by atoms with Gasteiger partial charge in [-0.2, -0.15) is 4.31 Å². The van der Waals surface area contributed by atoms with Gasteiger partial charge in [0.2, 0.25) is 21.8 Å². The third kappa shape index (κ3) is 4.07. The van der Waals surface area contributed by atoms with Gasteiger partial charge in [0.1, 0.15) is 0 Å². The number of nitrogens with zero attached hydrogens (tertiary/aromatic N) is 3. The van der Waals surface area contributed by atoms with Crippen molar-refractivity contribution in [1.29, 1.82) is 0 Å². The predicted molar refractivity (Wildman–Crippen MR) is 97.0 cm³/mol. The van der Waals surface area contributed by atoms with E-state index in [1.165, 1.54) is 11.2 Å². The molecule has 3 rings (SSSR count). The van der Waals surface area contributed by atoms with Gasteiger partial charge in [0.25, 0.3) is 0 Å². The van der Waals surface area contributed by atoms with E-state index < -0.39 is 10.0 Å². The van der Waals surface area contributed by atoms with Crippen LogP contribution in [-0.4, -0.2) is 73.6 Å². The van der Waals surface area contributed by atoms with Gasteiger partial charge >= 0.3 is 0 Å². The summed E-state index contributed by atoms with van der Waals surface area (Å²) in [5.74, 6) is 0.178. The molecule has 0 atom stereocenters. The van der Waals surface area contributed by atoms with Gasteiger partial charge in [-0.1, -0.05) is 12.1 Å². The Bertz CT molecular complexity index is 768. The van der Waals surface area contributed by atoms with Crippen molar-refractivity contribution in [2.45, 2.75) is 31.1 Å². The van der Waals surface area contributed by atoms with Gasteiger partial charge in [-0.15, -0.1) is 0 Å². The van der Waals surface area contributed by atoms with Crippen molar-refractivity contribution in [2.24, 2.45) is 0 Å². The number of benzene rings is 1. The van der Waals surface area contributed by atoms with Gasteiger partial charge in [0.15, 0.2) is 0 Å². The molecule has 0 radical (unpaired) electrons. The lowest BCUT2D eigenvalue weighted by atomic mass is 10.1. The fourth-order valence-corrected chi connectivity index (χ4v) is 4.85. The molecule has 2 aliphatic heterocycles. The molecule has 2 aliphatic rings. The van der Waals surface area contributed by atoms with Crippen LogP contribution in [0.3, 0.4) is 0 Å². The highest BCUT2D eigenvalue weighted by molar-refractivity contribution is 7.89. The maximum Gasteiger partial charge on any atom is 0.243 e. The number of piperazine rings is 1. The molecule has 7 nitrogen and oxygen atoms in total. The van der Waals surface area contributed by atoms with Crippen molar-refractivity contribution in [1.82, 2.24) is 14.1 Å². The minimum Gasteiger partial charge on any atom is -0.342 e. The monoisotopic (exact) mass is 379 g/mol. The van der Waals surface area contributed by atoms with Gasteiger partial charge in [0.05, 0.1) is 4.90 Å². The van der Waals surface area contributed by atoms with Crippen LogP contribution in [0.1, 0.15) is 25.3 Å². The second kappa shape index (κ2) is 7.75. The normalized spacial score (nSPS) is 19.2. The first-order chi connectivity index (χ1) is 12.4. The zero-order chi connectivity index (χ0) is 18.7. The highest BCUT2D eigenvalue weighted by Crippen LogP contribution is 2.19. The minimum atomic E-state index is -3.54. The number of likely N-dealkylation sites (tertiary alicyclic amines) is 1. The maximum atomic E-state index is 12.8. The van der Waals surface area contributed by atoms with Gasteiger partial charge < -0.3 is 9.80 Å². The van der Waals surface area contributed by atoms with Crippen molar-refractivity contribution in [2.75, 3.05) is 39.3 Å². The number of amides is 2. The van der Waals surface area contributed by atoms with Crippen LogP contribution in [0.4, 0.5) is 0 Å². The summed E-state index contributed by atoms with van der Waals surface area (Å²) in [6.45, 7) is 4.49. The molecule has 26 heavy (non-hydrogen) atoms. The molecule has 2 amide bonds. The lowest BCUT2D eigenvalue weighted by Crippen LogP contribution is -2.49. The zero-order valence-electron chi connectivity index (χ0n) is 15.1. The number of sulfonamides is 1. The number of carbonyl (C=O) groups is 2. The average molecular weight is 379 g/mol. The zero-order valence-corrected chi connectivity index (χ0v) is 15.9. The van der Waals surface area contributed by atoms with Crippen molar-refractivity contribution in [3.05, 3.63) is 29.8 Å². The minimum absolute atomic E-state index is 0.0251. The molecule has 0 unspecified atom stereocenters. The van der Waals surface area contributed by atoms with Crippen LogP contribution in [0.5, 0.6) is 0 Å². The largest absolute Gasteiger partial charge is 0.342 e. The molecular weight excluding hydrogens is 354 g/mol. The van der Waals surface area contributed by atoms with Crippen molar-refractivity contribution >= 4 is 21.8 Å². The summed E-state index contributed by atoms with van der Waals surface area (Å²) in [6.07, 6.45) is 2.28. The van der Waals surface area contributed by atoms with Crippen molar-refractivity contribution < 1.29 is 18.0 Å². The van der Waals surface area contributed by atoms with E-state index in [-0.39, 0.29) is 16.7 Å². The van der Waals surface area contributed by atoms with Gasteiger partial charge in [-0.05, 0) is 30.5 Å². The molecule has 8 heteroatoms. The summed E-state index contributed by atoms with van der Waals surface area (Å²) in [6, 6.07) is 6.90. The Hall–Kier alpha value is -1.93. The molecule has 1 aromatic rings. The Morgan fingerprint density at radius 3 is 2.23 bits per heavy atom. The summed E-state index contributed by atoms with van der Waals surface area (Å²) >= 11 is 0. The topological polar surface area (TPSA) is 78.0 Å². The van der Waals surface area contributed by atoms with Crippen LogP contribution in [0, 0.1) is 0 Å². The highest BCUT2D eigenvalue weighted by Gasteiger charge is 2.29. The molecule has 0 N–H and O–H groups in total. The van der Waals surface area contributed by atoms with E-state index in [0.29, 0.717) is 39.1 Å². The van der Waals surface area contributed by atoms with Crippen LogP contribution in [0.2, 0.25) is 0 Å².